The molecule has 1 amide bonds. The summed E-state index contributed by atoms with van der Waals surface area (Å²) in [5, 5.41) is 2.80. The van der Waals surface area contributed by atoms with Crippen molar-refractivity contribution in [2.75, 3.05) is 24.5 Å². The van der Waals surface area contributed by atoms with Crippen LogP contribution in [0.2, 0.25) is 0 Å². The number of benzene rings is 2. The number of carbonyl (C=O) groups is 1. The summed E-state index contributed by atoms with van der Waals surface area (Å²) < 4.78 is 45.3. The van der Waals surface area contributed by atoms with Gasteiger partial charge in [0, 0.05) is 31.0 Å². The first-order chi connectivity index (χ1) is 13.4. The Balaban J connectivity index is 1.83. The van der Waals surface area contributed by atoms with Gasteiger partial charge in [-0.3, -0.25) is 9.52 Å². The standard InChI is InChI=1S/C20H25FN2O4S/c1-2-3-14-27-15-4-13-22-20(24)16-5-9-18(10-6-16)23-28(25,26)19-11-7-17(21)8-12-19/h5-12,23H,2-4,13-15H2,1H3,(H,22,24). The normalized spacial score (nSPS) is 11.2. The number of hydrogen-bond acceptors (Lipinski definition) is 4. The molecule has 28 heavy (non-hydrogen) atoms. The van der Waals surface area contributed by atoms with E-state index in [1.807, 2.05) is 0 Å². The molecule has 0 heterocycles. The van der Waals surface area contributed by atoms with E-state index in [4.69, 9.17) is 4.74 Å². The van der Waals surface area contributed by atoms with E-state index in [-0.39, 0.29) is 10.8 Å². The molecule has 6 nitrogen and oxygen atoms in total. The van der Waals surface area contributed by atoms with Crippen molar-refractivity contribution in [3.63, 3.8) is 0 Å². The lowest BCUT2D eigenvalue weighted by atomic mass is 10.2. The summed E-state index contributed by atoms with van der Waals surface area (Å²) in [6, 6.07) is 10.6. The molecule has 2 aromatic rings. The predicted molar refractivity (Wildman–Crippen MR) is 106 cm³/mol. The van der Waals surface area contributed by atoms with E-state index in [0.29, 0.717) is 24.4 Å². The van der Waals surface area contributed by atoms with E-state index in [0.717, 1.165) is 38.0 Å². The van der Waals surface area contributed by atoms with Gasteiger partial charge in [0.15, 0.2) is 0 Å². The molecule has 0 aliphatic carbocycles. The highest BCUT2D eigenvalue weighted by Crippen LogP contribution is 2.17. The Kier molecular flexibility index (Phi) is 8.41. The molecule has 0 fully saturated rings. The molecule has 2 N–H and O–H groups in total. The van der Waals surface area contributed by atoms with E-state index < -0.39 is 15.8 Å². The molecule has 0 atom stereocenters. The molecule has 0 aliphatic rings. The van der Waals surface area contributed by atoms with Gasteiger partial charge in [-0.25, -0.2) is 12.8 Å². The maximum Gasteiger partial charge on any atom is 0.261 e. The average Bonchev–Trinajstić information content (AvgIpc) is 2.68. The molecule has 152 valence electrons. The molecule has 8 heteroatoms. The van der Waals surface area contributed by atoms with Crippen molar-refractivity contribution < 1.29 is 22.3 Å². The van der Waals surface area contributed by atoms with Crippen LogP contribution < -0.4 is 10.0 Å². The van der Waals surface area contributed by atoms with E-state index >= 15 is 0 Å². The van der Waals surface area contributed by atoms with Crippen LogP contribution in [0, 0.1) is 5.82 Å². The zero-order valence-corrected chi connectivity index (χ0v) is 16.6. The Morgan fingerprint density at radius 1 is 1.00 bits per heavy atom. The number of anilines is 1. The fraction of sp³-hybridized carbons (Fsp3) is 0.350. The number of amides is 1. The maximum atomic E-state index is 12.9. The lowest BCUT2D eigenvalue weighted by molar-refractivity contribution is 0.0940. The number of rotatable bonds is 11. The van der Waals surface area contributed by atoms with E-state index in [9.17, 15) is 17.6 Å². The fourth-order valence-electron chi connectivity index (χ4n) is 2.34. The third-order valence-electron chi connectivity index (χ3n) is 3.92. The zero-order chi connectivity index (χ0) is 20.4. The Bertz CT molecular complexity index is 853. The molecule has 0 bridgehead atoms. The van der Waals surface area contributed by atoms with Crippen molar-refractivity contribution in [1.82, 2.24) is 5.32 Å². The second kappa shape index (κ2) is 10.8. The van der Waals surface area contributed by atoms with Crippen LogP contribution in [-0.4, -0.2) is 34.1 Å². The van der Waals surface area contributed by atoms with Crippen LogP contribution in [0.3, 0.4) is 0 Å². The number of nitrogens with one attached hydrogen (secondary N) is 2. The highest BCUT2D eigenvalue weighted by Gasteiger charge is 2.14. The Morgan fingerprint density at radius 2 is 1.64 bits per heavy atom. The first-order valence-corrected chi connectivity index (χ1v) is 10.6. The minimum atomic E-state index is -3.82. The Labute approximate surface area is 165 Å². The van der Waals surface area contributed by atoms with Crippen molar-refractivity contribution in [2.24, 2.45) is 0 Å². The van der Waals surface area contributed by atoms with Gasteiger partial charge in [-0.2, -0.15) is 0 Å². The summed E-state index contributed by atoms with van der Waals surface area (Å²) in [6.45, 7) is 3.94. The molecule has 0 unspecified atom stereocenters. The number of hydrogen-bond donors (Lipinski definition) is 2. The van der Waals surface area contributed by atoms with Crippen molar-refractivity contribution in [1.29, 1.82) is 0 Å². The van der Waals surface area contributed by atoms with Crippen LogP contribution in [0.25, 0.3) is 0 Å². The van der Waals surface area contributed by atoms with Gasteiger partial charge in [-0.15, -0.1) is 0 Å². The molecule has 0 saturated carbocycles. The average molecular weight is 408 g/mol. The van der Waals surface area contributed by atoms with Gasteiger partial charge in [-0.05, 0) is 61.4 Å². The second-order valence-corrected chi connectivity index (χ2v) is 7.89. The molecular weight excluding hydrogens is 383 g/mol. The monoisotopic (exact) mass is 408 g/mol. The topological polar surface area (TPSA) is 84.5 Å². The minimum Gasteiger partial charge on any atom is -0.381 e. The SMILES string of the molecule is CCCCOCCCNC(=O)c1ccc(NS(=O)(=O)c2ccc(F)cc2)cc1. The van der Waals surface area contributed by atoms with Crippen molar-refractivity contribution in [3.05, 3.63) is 59.9 Å². The van der Waals surface area contributed by atoms with Crippen LogP contribution in [0.5, 0.6) is 0 Å². The van der Waals surface area contributed by atoms with Gasteiger partial charge in [0.25, 0.3) is 15.9 Å². The first-order valence-electron chi connectivity index (χ1n) is 9.17. The molecule has 0 spiro atoms. The van der Waals surface area contributed by atoms with Crippen LogP contribution in [-0.2, 0) is 14.8 Å². The summed E-state index contributed by atoms with van der Waals surface area (Å²) in [5.74, 6) is -0.747. The third-order valence-corrected chi connectivity index (χ3v) is 5.31. The van der Waals surface area contributed by atoms with Crippen LogP contribution in [0.15, 0.2) is 53.4 Å². The first kappa shape index (κ1) is 21.8. The molecule has 2 rings (SSSR count). The quantitative estimate of drug-likeness (QED) is 0.557. The van der Waals surface area contributed by atoms with Gasteiger partial charge in [-0.1, -0.05) is 13.3 Å². The molecular formula is C20H25FN2O4S. The highest BCUT2D eigenvalue weighted by atomic mass is 32.2. The van der Waals surface area contributed by atoms with Gasteiger partial charge in [0.05, 0.1) is 4.90 Å². The van der Waals surface area contributed by atoms with Crippen molar-refractivity contribution in [3.8, 4) is 0 Å². The van der Waals surface area contributed by atoms with Crippen LogP contribution in [0.4, 0.5) is 10.1 Å². The molecule has 2 aromatic carbocycles. The van der Waals surface area contributed by atoms with Crippen LogP contribution in [0.1, 0.15) is 36.5 Å². The molecule has 0 saturated heterocycles. The fourth-order valence-corrected chi connectivity index (χ4v) is 3.40. The van der Waals surface area contributed by atoms with Gasteiger partial charge in [0.1, 0.15) is 5.82 Å². The highest BCUT2D eigenvalue weighted by molar-refractivity contribution is 7.92. The van der Waals surface area contributed by atoms with Crippen molar-refractivity contribution >= 4 is 21.6 Å². The zero-order valence-electron chi connectivity index (χ0n) is 15.8. The van der Waals surface area contributed by atoms with E-state index in [2.05, 4.69) is 17.0 Å². The summed E-state index contributed by atoms with van der Waals surface area (Å²) in [5.41, 5.74) is 0.738. The number of ether oxygens (including phenoxy) is 1. The van der Waals surface area contributed by atoms with Gasteiger partial charge >= 0.3 is 0 Å². The summed E-state index contributed by atoms with van der Waals surface area (Å²) in [7, 11) is -3.82. The van der Waals surface area contributed by atoms with Crippen molar-refractivity contribution in [2.45, 2.75) is 31.1 Å². The number of sulfonamides is 1. The summed E-state index contributed by atoms with van der Waals surface area (Å²) >= 11 is 0. The van der Waals surface area contributed by atoms with Gasteiger partial charge in [0.2, 0.25) is 0 Å². The Morgan fingerprint density at radius 3 is 2.29 bits per heavy atom. The molecule has 0 radical (unpaired) electrons. The van der Waals surface area contributed by atoms with E-state index in [1.165, 1.54) is 36.4 Å². The number of unbranched alkanes of at least 4 members (excludes halogenated alkanes) is 1. The predicted octanol–water partition coefficient (Wildman–Crippen LogP) is 3.56. The lowest BCUT2D eigenvalue weighted by Crippen LogP contribution is -2.25. The van der Waals surface area contributed by atoms with Crippen LogP contribution >= 0.6 is 0 Å². The number of halogens is 1. The van der Waals surface area contributed by atoms with Gasteiger partial charge < -0.3 is 10.1 Å². The summed E-state index contributed by atoms with van der Waals surface area (Å²) in [4.78, 5) is 12.1. The van der Waals surface area contributed by atoms with E-state index in [1.54, 1.807) is 0 Å². The molecule has 0 aliphatic heterocycles. The maximum absolute atomic E-state index is 12.9. The smallest absolute Gasteiger partial charge is 0.261 e. The summed E-state index contributed by atoms with van der Waals surface area (Å²) in [6.07, 6.45) is 2.85. The number of carbonyl (C=O) groups excluding carboxylic acids is 1. The third kappa shape index (κ3) is 6.94. The second-order valence-electron chi connectivity index (χ2n) is 6.21. The minimum absolute atomic E-state index is 0.0446. The lowest BCUT2D eigenvalue weighted by Gasteiger charge is -2.09. The Hall–Kier alpha value is -2.45. The largest absolute Gasteiger partial charge is 0.381 e. The molecule has 0 aromatic heterocycles.